The van der Waals surface area contributed by atoms with Crippen LogP contribution in [0.25, 0.3) is 0 Å². The van der Waals surface area contributed by atoms with Gasteiger partial charge in [-0.15, -0.1) is 0 Å². The maximum absolute atomic E-state index is 5.47. The minimum Gasteiger partial charge on any atom is -0.319 e. The Bertz CT molecular complexity index is 185. The predicted molar refractivity (Wildman–Crippen MR) is 64.0 cm³/mol. The van der Waals surface area contributed by atoms with Crippen molar-refractivity contribution >= 4 is 26.7 Å². The minimum atomic E-state index is -2.20. The minimum absolute atomic E-state index is 0.606. The lowest BCUT2D eigenvalue weighted by Crippen LogP contribution is -2.39. The van der Waals surface area contributed by atoms with E-state index in [-0.39, 0.29) is 0 Å². The Labute approximate surface area is 87.5 Å². The molecule has 0 radical (unpaired) electrons. The molecule has 0 aliphatic carbocycles. The van der Waals surface area contributed by atoms with Crippen molar-refractivity contribution in [1.29, 1.82) is 0 Å². The fraction of sp³-hybridized carbons (Fsp3) is 1.00. The molecule has 0 bridgehead atoms. The number of nitrogens with one attached hydrogen (secondary N) is 1. The van der Waals surface area contributed by atoms with Gasteiger partial charge in [0.1, 0.15) is 8.24 Å². The molecule has 0 aromatic heterocycles. The van der Waals surface area contributed by atoms with Crippen LogP contribution in [0.15, 0.2) is 0 Å². The Morgan fingerprint density at radius 3 is 1.77 bits per heavy atom. The highest BCUT2D eigenvalue weighted by Gasteiger charge is 2.25. The Balaban J connectivity index is 4.33. The number of hydrogen-bond donors (Lipinski definition) is 1. The first-order valence-electron chi connectivity index (χ1n) is 4.51. The molecule has 0 rings (SSSR count). The van der Waals surface area contributed by atoms with E-state index in [0.717, 1.165) is 0 Å². The largest absolute Gasteiger partial charge is 0.319 e. The zero-order valence-electron chi connectivity index (χ0n) is 9.09. The van der Waals surface area contributed by atoms with Gasteiger partial charge in [0.15, 0.2) is 0 Å². The predicted octanol–water partition coefficient (Wildman–Crippen LogP) is 2.71. The second-order valence-electron chi connectivity index (χ2n) is 3.69. The van der Waals surface area contributed by atoms with E-state index < -0.39 is 14.9 Å². The summed E-state index contributed by atoms with van der Waals surface area (Å²) in [7, 11) is -1.42. The molecule has 6 heteroatoms. The summed E-state index contributed by atoms with van der Waals surface area (Å²) in [6.45, 7) is 9.45. The number of rotatable bonds is 6. The van der Waals surface area contributed by atoms with Crippen LogP contribution >= 0.6 is 6.64 Å². The topological polar surface area (TPSA) is 30.5 Å². The molecule has 0 amide bonds. The van der Waals surface area contributed by atoms with E-state index in [1.54, 1.807) is 0 Å². The third kappa shape index (κ3) is 6.77. The van der Waals surface area contributed by atoms with Gasteiger partial charge in [-0.25, -0.2) is 0 Å². The summed E-state index contributed by atoms with van der Waals surface area (Å²) >= 11 is 5.34. The Hall–Kier alpha value is 0.747. The standard InChI is InChI=1S/C7H20NO2PSSi/c1-6-9-11(12,10-7-2)8-13(3,4)5/h6-7H2,1-5H3,(H,8,12). The van der Waals surface area contributed by atoms with Crippen LogP contribution in [0.5, 0.6) is 0 Å². The average molecular weight is 241 g/mol. The van der Waals surface area contributed by atoms with Crippen LogP contribution in [-0.2, 0) is 20.9 Å². The maximum atomic E-state index is 5.47. The highest BCUT2D eigenvalue weighted by molar-refractivity contribution is 8.09. The zero-order valence-corrected chi connectivity index (χ0v) is 11.8. The Morgan fingerprint density at radius 1 is 1.15 bits per heavy atom. The first-order chi connectivity index (χ1) is 5.83. The number of hydrogen-bond acceptors (Lipinski definition) is 3. The van der Waals surface area contributed by atoms with Gasteiger partial charge in [0, 0.05) is 0 Å². The molecular formula is C7H20NO2PSSi. The fourth-order valence-electron chi connectivity index (χ4n) is 0.853. The summed E-state index contributed by atoms with van der Waals surface area (Å²) in [6, 6.07) is 0. The van der Waals surface area contributed by atoms with Gasteiger partial charge in [0.25, 0.3) is 6.64 Å². The maximum Gasteiger partial charge on any atom is 0.254 e. The molecule has 0 aliphatic heterocycles. The second kappa shape index (κ2) is 5.58. The van der Waals surface area contributed by atoms with Crippen molar-refractivity contribution in [2.45, 2.75) is 33.5 Å². The average Bonchev–Trinajstić information content (AvgIpc) is 1.82. The van der Waals surface area contributed by atoms with Gasteiger partial charge < -0.3 is 9.05 Å². The van der Waals surface area contributed by atoms with Crippen molar-refractivity contribution in [3.63, 3.8) is 0 Å². The Morgan fingerprint density at radius 2 is 1.54 bits per heavy atom. The lowest BCUT2D eigenvalue weighted by Gasteiger charge is -2.28. The normalized spacial score (nSPS) is 13.3. The molecular weight excluding hydrogens is 221 g/mol. The van der Waals surface area contributed by atoms with Crippen LogP contribution in [-0.4, -0.2) is 21.4 Å². The monoisotopic (exact) mass is 241 g/mol. The van der Waals surface area contributed by atoms with E-state index in [0.29, 0.717) is 13.2 Å². The van der Waals surface area contributed by atoms with Gasteiger partial charge in [0.2, 0.25) is 0 Å². The van der Waals surface area contributed by atoms with Crippen molar-refractivity contribution in [2.75, 3.05) is 13.2 Å². The van der Waals surface area contributed by atoms with Crippen LogP contribution in [0.4, 0.5) is 0 Å². The van der Waals surface area contributed by atoms with Crippen molar-refractivity contribution < 1.29 is 9.05 Å². The van der Waals surface area contributed by atoms with Gasteiger partial charge in [0.05, 0.1) is 13.2 Å². The molecule has 13 heavy (non-hydrogen) atoms. The smallest absolute Gasteiger partial charge is 0.254 e. The Kier molecular flexibility index (Phi) is 5.91. The van der Waals surface area contributed by atoms with Crippen LogP contribution < -0.4 is 4.75 Å². The summed E-state index contributed by atoms with van der Waals surface area (Å²) < 4.78 is 14.3. The SMILES string of the molecule is CCOP(=S)(N[Si](C)(C)C)OCC. The third-order valence-electron chi connectivity index (χ3n) is 1.07. The molecule has 0 fully saturated rings. The first-order valence-corrected chi connectivity index (χ1v) is 10.7. The fourth-order valence-corrected chi connectivity index (χ4v) is 8.51. The lowest BCUT2D eigenvalue weighted by atomic mass is 10.9. The van der Waals surface area contributed by atoms with Gasteiger partial charge in [-0.2, -0.15) is 0 Å². The molecule has 0 heterocycles. The molecule has 0 atom stereocenters. The molecule has 0 aromatic carbocycles. The highest BCUT2D eigenvalue weighted by Crippen LogP contribution is 2.45. The van der Waals surface area contributed by atoms with E-state index in [2.05, 4.69) is 24.4 Å². The molecule has 0 aromatic rings. The van der Waals surface area contributed by atoms with Crippen molar-refractivity contribution in [3.8, 4) is 0 Å². The van der Waals surface area contributed by atoms with E-state index in [1.165, 1.54) is 0 Å². The van der Waals surface area contributed by atoms with E-state index in [9.17, 15) is 0 Å². The van der Waals surface area contributed by atoms with E-state index in [1.807, 2.05) is 13.8 Å². The van der Waals surface area contributed by atoms with Gasteiger partial charge in [-0.1, -0.05) is 19.6 Å². The summed E-state index contributed by atoms with van der Waals surface area (Å²) in [5.74, 6) is 0. The molecule has 0 aliphatic rings. The molecule has 0 saturated carbocycles. The summed E-state index contributed by atoms with van der Waals surface area (Å²) in [5, 5.41) is 0. The van der Waals surface area contributed by atoms with Gasteiger partial charge in [-0.05, 0) is 25.7 Å². The van der Waals surface area contributed by atoms with Gasteiger partial charge >= 0.3 is 0 Å². The molecule has 0 saturated heterocycles. The van der Waals surface area contributed by atoms with E-state index in [4.69, 9.17) is 20.9 Å². The van der Waals surface area contributed by atoms with Crippen LogP contribution in [0.2, 0.25) is 19.6 Å². The zero-order chi connectivity index (χ0) is 10.5. The van der Waals surface area contributed by atoms with Crippen LogP contribution in [0, 0.1) is 0 Å². The van der Waals surface area contributed by atoms with Crippen LogP contribution in [0.1, 0.15) is 13.8 Å². The molecule has 0 unspecified atom stereocenters. The first kappa shape index (κ1) is 13.7. The molecule has 0 spiro atoms. The molecule has 1 N–H and O–H groups in total. The quantitative estimate of drug-likeness (QED) is 0.572. The lowest BCUT2D eigenvalue weighted by molar-refractivity contribution is 0.263. The van der Waals surface area contributed by atoms with E-state index >= 15 is 0 Å². The molecule has 3 nitrogen and oxygen atoms in total. The highest BCUT2D eigenvalue weighted by atomic mass is 32.5. The van der Waals surface area contributed by atoms with Gasteiger partial charge in [-0.3, -0.25) is 4.75 Å². The van der Waals surface area contributed by atoms with Crippen LogP contribution in [0.3, 0.4) is 0 Å². The van der Waals surface area contributed by atoms with Crippen molar-refractivity contribution in [1.82, 2.24) is 4.75 Å². The second-order valence-corrected chi connectivity index (χ2v) is 12.0. The van der Waals surface area contributed by atoms with Crippen molar-refractivity contribution in [3.05, 3.63) is 0 Å². The van der Waals surface area contributed by atoms with Crippen molar-refractivity contribution in [2.24, 2.45) is 0 Å². The summed E-state index contributed by atoms with van der Waals surface area (Å²) in [4.78, 5) is 0. The third-order valence-corrected chi connectivity index (χ3v) is 7.50. The summed E-state index contributed by atoms with van der Waals surface area (Å²) in [5.41, 5.74) is 0. The molecule has 80 valence electrons. The summed E-state index contributed by atoms with van der Waals surface area (Å²) in [6.07, 6.45) is 0.